The van der Waals surface area contributed by atoms with Crippen LogP contribution >= 0.6 is 0 Å². The minimum Gasteiger partial charge on any atom is -0.465 e. The van der Waals surface area contributed by atoms with Crippen LogP contribution < -0.4 is 0 Å². The molecule has 0 spiro atoms. The Labute approximate surface area is 269 Å². The molecule has 7 aromatic rings. The summed E-state index contributed by atoms with van der Waals surface area (Å²) in [5, 5.41) is 3.67. The van der Waals surface area contributed by atoms with Crippen LogP contribution in [0.3, 0.4) is 0 Å². The van der Waals surface area contributed by atoms with Crippen LogP contribution in [0, 0.1) is 13.8 Å². The molecule has 0 amide bonds. The molecule has 4 aromatic heterocycles. The third-order valence-corrected chi connectivity index (χ3v) is 7.30. The van der Waals surface area contributed by atoms with Gasteiger partial charge in [-0.05, 0) is 50.2 Å². The van der Waals surface area contributed by atoms with Gasteiger partial charge in [0.1, 0.15) is 0 Å². The average molecular weight is 644 g/mol. The molecule has 0 saturated carbocycles. The fourth-order valence-corrected chi connectivity index (χ4v) is 5.13. The van der Waals surface area contributed by atoms with Crippen molar-refractivity contribution in [3.63, 3.8) is 0 Å². The Morgan fingerprint density at radius 2 is 0.911 bits per heavy atom. The van der Waals surface area contributed by atoms with Crippen LogP contribution in [0.15, 0.2) is 97.1 Å². The summed E-state index contributed by atoms with van der Waals surface area (Å²) in [5.74, 6) is -0.928. The first-order valence-corrected chi connectivity index (χ1v) is 14.0. The van der Waals surface area contributed by atoms with Gasteiger partial charge in [0.2, 0.25) is 0 Å². The van der Waals surface area contributed by atoms with E-state index in [9.17, 15) is 9.59 Å². The molecule has 1 radical (unpaired) electrons. The molecule has 0 unspecified atom stereocenters. The molecule has 7 rings (SSSR count). The zero-order chi connectivity index (χ0) is 30.8. The second-order valence-corrected chi connectivity index (χ2v) is 10.2. The maximum Gasteiger partial charge on any atom is 0.338 e. The van der Waals surface area contributed by atoms with Crippen LogP contribution in [0.1, 0.15) is 32.1 Å². The number of fused-ring (bicyclic) bond motifs is 5. The van der Waals surface area contributed by atoms with Crippen molar-refractivity contribution in [1.82, 2.24) is 19.9 Å². The Balaban J connectivity index is 0.000000200. The van der Waals surface area contributed by atoms with Crippen molar-refractivity contribution in [3.05, 3.63) is 120 Å². The molecule has 0 saturated heterocycles. The number of esters is 2. The van der Waals surface area contributed by atoms with E-state index in [0.29, 0.717) is 44.3 Å². The number of methoxy groups -OCH3 is 2. The first-order valence-electron chi connectivity index (χ1n) is 14.0. The van der Waals surface area contributed by atoms with Gasteiger partial charge in [-0.2, -0.15) is 0 Å². The van der Waals surface area contributed by atoms with Gasteiger partial charge in [0.15, 0.2) is 0 Å². The van der Waals surface area contributed by atoms with E-state index in [4.69, 9.17) is 9.47 Å². The molecular weight excluding hydrogens is 616 g/mol. The first-order chi connectivity index (χ1) is 21.4. The number of pyridine rings is 4. The Kier molecular flexibility index (Phi) is 9.13. The standard InChI is InChI=1S/C22H16N2O4.C14H12N2.Cu/c1-27-21(25)15-11-19(23-17-9-5-3-7-13(15)17)20-12-16(22(26)28-2)14-8-4-6-10-18(14)24-20;1-9-3-5-11-7-8-12-6-4-10(2)16-14(12)13(11)15-9;/h3-12H,1-2H3;3-8H,1-2H3;. The smallest absolute Gasteiger partial charge is 0.338 e. The molecule has 0 aliphatic rings. The van der Waals surface area contributed by atoms with Gasteiger partial charge in [0.25, 0.3) is 0 Å². The molecule has 9 heteroatoms. The number of ether oxygens (including phenoxy) is 2. The van der Waals surface area contributed by atoms with Gasteiger partial charge in [-0.25, -0.2) is 19.6 Å². The van der Waals surface area contributed by atoms with E-state index in [-0.39, 0.29) is 17.1 Å². The number of nitrogens with zero attached hydrogens (tertiary/aromatic N) is 4. The number of carbonyl (C=O) groups excluding carboxylic acids is 2. The Morgan fingerprint density at radius 1 is 0.533 bits per heavy atom. The molecule has 0 fully saturated rings. The van der Waals surface area contributed by atoms with Crippen molar-refractivity contribution in [2.75, 3.05) is 14.2 Å². The van der Waals surface area contributed by atoms with Crippen molar-refractivity contribution >= 4 is 55.6 Å². The number of para-hydroxylation sites is 2. The van der Waals surface area contributed by atoms with E-state index < -0.39 is 11.9 Å². The van der Waals surface area contributed by atoms with Crippen molar-refractivity contribution in [1.29, 1.82) is 0 Å². The molecule has 4 heterocycles. The Morgan fingerprint density at radius 3 is 1.31 bits per heavy atom. The molecule has 3 aromatic carbocycles. The molecule has 227 valence electrons. The molecule has 0 N–H and O–H groups in total. The van der Waals surface area contributed by atoms with Gasteiger partial charge in [0, 0.05) is 50.0 Å². The maximum atomic E-state index is 12.3. The van der Waals surface area contributed by atoms with Crippen LogP contribution in [0.4, 0.5) is 0 Å². The SMILES string of the molecule is COC(=O)c1cc(-c2cc(C(=O)OC)c3ccccc3n2)nc2ccccc12.Cc1ccc2ccc3ccc(C)nc3c2n1.[Cu]. The summed E-state index contributed by atoms with van der Waals surface area (Å²) >= 11 is 0. The van der Waals surface area contributed by atoms with Gasteiger partial charge < -0.3 is 9.47 Å². The number of aryl methyl sites for hydroxylation is 2. The van der Waals surface area contributed by atoms with Crippen LogP contribution in [-0.2, 0) is 26.5 Å². The molecular formula is C36H28CuN4O4. The van der Waals surface area contributed by atoms with Crippen molar-refractivity contribution in [3.8, 4) is 11.4 Å². The maximum absolute atomic E-state index is 12.3. The van der Waals surface area contributed by atoms with E-state index in [0.717, 1.165) is 33.2 Å². The van der Waals surface area contributed by atoms with Crippen LogP contribution in [0.25, 0.3) is 55.0 Å². The van der Waals surface area contributed by atoms with Crippen molar-refractivity contribution in [2.24, 2.45) is 0 Å². The molecule has 0 atom stereocenters. The number of hydrogen-bond donors (Lipinski definition) is 0. The van der Waals surface area contributed by atoms with E-state index in [1.807, 2.05) is 74.5 Å². The van der Waals surface area contributed by atoms with Gasteiger partial charge in [-0.1, -0.05) is 60.7 Å². The summed E-state index contributed by atoms with van der Waals surface area (Å²) in [5.41, 5.74) is 7.04. The predicted molar refractivity (Wildman–Crippen MR) is 172 cm³/mol. The van der Waals surface area contributed by atoms with E-state index in [1.54, 1.807) is 12.1 Å². The fourth-order valence-electron chi connectivity index (χ4n) is 5.13. The van der Waals surface area contributed by atoms with E-state index in [1.165, 1.54) is 14.2 Å². The Hall–Kier alpha value is -5.24. The number of aromatic nitrogens is 4. The molecule has 0 aliphatic carbocycles. The molecule has 8 nitrogen and oxygen atoms in total. The topological polar surface area (TPSA) is 104 Å². The van der Waals surface area contributed by atoms with E-state index in [2.05, 4.69) is 44.2 Å². The van der Waals surface area contributed by atoms with Gasteiger partial charge in [-0.3, -0.25) is 9.97 Å². The van der Waals surface area contributed by atoms with Crippen LogP contribution in [0.2, 0.25) is 0 Å². The summed E-state index contributed by atoms with van der Waals surface area (Å²) in [6, 6.07) is 30.3. The zero-order valence-corrected chi connectivity index (χ0v) is 25.9. The van der Waals surface area contributed by atoms with Crippen molar-refractivity contribution in [2.45, 2.75) is 13.8 Å². The van der Waals surface area contributed by atoms with Gasteiger partial charge >= 0.3 is 11.9 Å². The minimum absolute atomic E-state index is 0. The summed E-state index contributed by atoms with van der Waals surface area (Å²) in [6.07, 6.45) is 0. The number of rotatable bonds is 3. The number of hydrogen-bond acceptors (Lipinski definition) is 8. The zero-order valence-electron chi connectivity index (χ0n) is 25.0. The summed E-state index contributed by atoms with van der Waals surface area (Å²) in [7, 11) is 2.67. The summed E-state index contributed by atoms with van der Waals surface area (Å²) in [4.78, 5) is 43.0. The third-order valence-electron chi connectivity index (χ3n) is 7.30. The monoisotopic (exact) mass is 643 g/mol. The summed E-state index contributed by atoms with van der Waals surface area (Å²) < 4.78 is 9.85. The Bertz CT molecular complexity index is 2080. The van der Waals surface area contributed by atoms with Crippen LogP contribution in [-0.4, -0.2) is 46.1 Å². The van der Waals surface area contributed by atoms with Gasteiger partial charge in [-0.15, -0.1) is 0 Å². The van der Waals surface area contributed by atoms with Crippen LogP contribution in [0.5, 0.6) is 0 Å². The quantitative estimate of drug-likeness (QED) is 0.111. The predicted octanol–water partition coefficient (Wildman–Crippen LogP) is 7.42. The second-order valence-electron chi connectivity index (χ2n) is 10.2. The number of benzene rings is 3. The minimum atomic E-state index is -0.464. The normalized spacial score (nSPS) is 10.7. The number of carbonyl (C=O) groups is 2. The first kappa shape index (κ1) is 31.2. The van der Waals surface area contributed by atoms with Gasteiger partial charge in [0.05, 0.1) is 58.8 Å². The second kappa shape index (κ2) is 13.2. The largest absolute Gasteiger partial charge is 0.465 e. The third kappa shape index (κ3) is 6.22. The van der Waals surface area contributed by atoms with E-state index >= 15 is 0 Å². The molecule has 0 aliphatic heterocycles. The molecule has 0 bridgehead atoms. The fraction of sp³-hybridized carbons (Fsp3) is 0.111. The summed E-state index contributed by atoms with van der Waals surface area (Å²) in [6.45, 7) is 4.02. The van der Waals surface area contributed by atoms with Crippen molar-refractivity contribution < 1.29 is 36.1 Å². The average Bonchev–Trinajstić information content (AvgIpc) is 3.06. The molecule has 45 heavy (non-hydrogen) atoms.